The number of hydrogen-bond donors (Lipinski definition) is 0. The van der Waals surface area contributed by atoms with E-state index in [2.05, 4.69) is 22.3 Å². The highest BCUT2D eigenvalue weighted by molar-refractivity contribution is 7.99. The normalized spacial score (nSPS) is 14.1. The van der Waals surface area contributed by atoms with Crippen LogP contribution in [0, 0.1) is 22.7 Å². The second-order valence-electron chi connectivity index (χ2n) is 8.21. The molecule has 0 atom stereocenters. The maximum Gasteiger partial charge on any atom is 0.219 e. The van der Waals surface area contributed by atoms with Crippen LogP contribution in [-0.4, -0.2) is 43.3 Å². The second kappa shape index (κ2) is 9.05. The summed E-state index contributed by atoms with van der Waals surface area (Å²) in [5.41, 5.74) is 3.65. The first-order valence-corrected chi connectivity index (χ1v) is 11.8. The maximum absolute atomic E-state index is 11.6. The second-order valence-corrected chi connectivity index (χ2v) is 9.30. The lowest BCUT2D eigenvalue weighted by Crippen LogP contribution is -2.37. The molecule has 9 heteroatoms. The van der Waals surface area contributed by atoms with Crippen LogP contribution >= 0.6 is 11.8 Å². The molecule has 1 saturated heterocycles. The molecule has 168 valence electrons. The highest BCUT2D eigenvalue weighted by Crippen LogP contribution is 2.37. The number of nitriles is 2. The van der Waals surface area contributed by atoms with Crippen molar-refractivity contribution >= 4 is 23.2 Å². The third-order valence-corrected chi connectivity index (χ3v) is 7.25. The van der Waals surface area contributed by atoms with E-state index in [4.69, 9.17) is 0 Å². The zero-order chi connectivity index (χ0) is 23.7. The molecule has 1 amide bonds. The number of rotatable bonds is 4. The van der Waals surface area contributed by atoms with Crippen molar-refractivity contribution in [3.8, 4) is 23.3 Å². The van der Waals surface area contributed by atoms with Gasteiger partial charge >= 0.3 is 0 Å². The number of nitrogens with zero attached hydrogens (tertiary/aromatic N) is 7. The number of pyridine rings is 1. The van der Waals surface area contributed by atoms with E-state index in [0.29, 0.717) is 16.6 Å². The van der Waals surface area contributed by atoms with Crippen molar-refractivity contribution < 1.29 is 4.79 Å². The van der Waals surface area contributed by atoms with Crippen LogP contribution in [-0.2, 0) is 4.79 Å². The molecule has 0 spiro atoms. The molecule has 1 fully saturated rings. The van der Waals surface area contributed by atoms with E-state index in [1.807, 2.05) is 52.4 Å². The van der Waals surface area contributed by atoms with E-state index in [-0.39, 0.29) is 11.9 Å². The van der Waals surface area contributed by atoms with Crippen LogP contribution in [0.2, 0.25) is 0 Å². The van der Waals surface area contributed by atoms with Crippen LogP contribution < -0.4 is 0 Å². The van der Waals surface area contributed by atoms with Crippen LogP contribution in [0.4, 0.5) is 0 Å². The average Bonchev–Trinajstić information content (AvgIpc) is 3.52. The van der Waals surface area contributed by atoms with E-state index in [9.17, 15) is 15.3 Å². The smallest absolute Gasteiger partial charge is 0.219 e. The molecule has 4 heterocycles. The Kier molecular flexibility index (Phi) is 5.79. The van der Waals surface area contributed by atoms with Crippen molar-refractivity contribution in [2.75, 3.05) is 13.1 Å². The standard InChI is InChI=1S/C25H21N7OS/c1-17(33)30-8-6-22(7-9-30)31-16-21(14-28-31)19-10-24(25-20(12-27)13-29-32(25)15-19)34-23-5-3-2-4-18(23)11-26/h2-5,10,13-16,22H,6-9H2,1H3. The largest absolute Gasteiger partial charge is 0.343 e. The fourth-order valence-corrected chi connectivity index (χ4v) is 5.39. The van der Waals surface area contributed by atoms with Crippen LogP contribution in [0.15, 0.2) is 64.9 Å². The quantitative estimate of drug-likeness (QED) is 0.444. The number of fused-ring (bicyclic) bond motifs is 1. The highest BCUT2D eigenvalue weighted by Gasteiger charge is 2.23. The third kappa shape index (κ3) is 4.02. The summed E-state index contributed by atoms with van der Waals surface area (Å²) in [7, 11) is 0. The molecule has 5 rings (SSSR count). The molecule has 8 nitrogen and oxygen atoms in total. The molecule has 0 radical (unpaired) electrons. The van der Waals surface area contributed by atoms with Gasteiger partial charge in [-0.2, -0.15) is 20.7 Å². The van der Waals surface area contributed by atoms with E-state index in [1.165, 1.54) is 11.8 Å². The van der Waals surface area contributed by atoms with Gasteiger partial charge < -0.3 is 4.90 Å². The van der Waals surface area contributed by atoms with Crippen molar-refractivity contribution in [3.63, 3.8) is 0 Å². The third-order valence-electron chi connectivity index (χ3n) is 6.14. The molecule has 4 aromatic rings. The fourth-order valence-electron chi connectivity index (χ4n) is 4.30. The number of aromatic nitrogens is 4. The van der Waals surface area contributed by atoms with Gasteiger partial charge in [0.1, 0.15) is 12.1 Å². The molecular weight excluding hydrogens is 446 g/mol. The van der Waals surface area contributed by atoms with Crippen LogP contribution in [0.25, 0.3) is 16.6 Å². The van der Waals surface area contributed by atoms with E-state index in [1.54, 1.807) is 23.7 Å². The SMILES string of the molecule is CC(=O)N1CCC(n2cc(-c3cc(Sc4ccccc4C#N)c4c(C#N)cnn4c3)cn2)CC1. The Morgan fingerprint density at radius 1 is 1.00 bits per heavy atom. The minimum absolute atomic E-state index is 0.117. The lowest BCUT2D eigenvalue weighted by Gasteiger charge is -2.31. The van der Waals surface area contributed by atoms with E-state index < -0.39 is 0 Å². The zero-order valence-corrected chi connectivity index (χ0v) is 19.4. The summed E-state index contributed by atoms with van der Waals surface area (Å²) in [6.45, 7) is 3.09. The number of amides is 1. The predicted molar refractivity (Wildman–Crippen MR) is 127 cm³/mol. The Morgan fingerprint density at radius 3 is 2.50 bits per heavy atom. The Bertz CT molecular complexity index is 1460. The molecule has 0 N–H and O–H groups in total. The van der Waals surface area contributed by atoms with Gasteiger partial charge in [-0.25, -0.2) is 4.52 Å². The Morgan fingerprint density at radius 2 is 1.76 bits per heavy atom. The number of likely N-dealkylation sites (tertiary alicyclic amines) is 1. The number of carbonyl (C=O) groups is 1. The van der Waals surface area contributed by atoms with Crippen molar-refractivity contribution in [1.82, 2.24) is 24.3 Å². The molecule has 1 aliphatic rings. The highest BCUT2D eigenvalue weighted by atomic mass is 32.2. The van der Waals surface area contributed by atoms with Gasteiger partial charge in [0, 0.05) is 53.3 Å². The molecule has 1 aliphatic heterocycles. The summed E-state index contributed by atoms with van der Waals surface area (Å²) < 4.78 is 3.70. The number of carbonyl (C=O) groups excluding carboxylic acids is 1. The van der Waals surface area contributed by atoms with Gasteiger partial charge in [-0.3, -0.25) is 9.48 Å². The molecule has 1 aromatic carbocycles. The van der Waals surface area contributed by atoms with E-state index in [0.717, 1.165) is 46.8 Å². The monoisotopic (exact) mass is 467 g/mol. The number of benzene rings is 1. The lowest BCUT2D eigenvalue weighted by atomic mass is 10.1. The van der Waals surface area contributed by atoms with Gasteiger partial charge in [-0.05, 0) is 31.0 Å². The van der Waals surface area contributed by atoms with Gasteiger partial charge in [-0.1, -0.05) is 23.9 Å². The van der Waals surface area contributed by atoms with Crippen LogP contribution in [0.5, 0.6) is 0 Å². The summed E-state index contributed by atoms with van der Waals surface area (Å²) in [5, 5.41) is 28.1. The number of piperidine rings is 1. The molecule has 0 saturated carbocycles. The Hall–Kier alpha value is -4.08. The maximum atomic E-state index is 11.6. The molecule has 0 unspecified atom stereocenters. The van der Waals surface area contributed by atoms with Gasteiger partial charge in [-0.15, -0.1) is 0 Å². The molecule has 0 aliphatic carbocycles. The molecular formula is C25H21N7OS. The first kappa shape index (κ1) is 21.7. The van der Waals surface area contributed by atoms with E-state index >= 15 is 0 Å². The topological polar surface area (TPSA) is 103 Å². The van der Waals surface area contributed by atoms with Crippen molar-refractivity contribution in [2.45, 2.75) is 35.6 Å². The van der Waals surface area contributed by atoms with Gasteiger partial charge in [0.05, 0.1) is 35.1 Å². The minimum atomic E-state index is 0.117. The number of hydrogen-bond acceptors (Lipinski definition) is 6. The summed E-state index contributed by atoms with van der Waals surface area (Å²) in [4.78, 5) is 15.2. The summed E-state index contributed by atoms with van der Waals surface area (Å²) in [5.74, 6) is 0.117. The summed E-state index contributed by atoms with van der Waals surface area (Å²) in [6, 6.07) is 14.1. The predicted octanol–water partition coefficient (Wildman–Crippen LogP) is 4.28. The minimum Gasteiger partial charge on any atom is -0.343 e. The summed E-state index contributed by atoms with van der Waals surface area (Å²) in [6.07, 6.45) is 9.07. The van der Waals surface area contributed by atoms with Gasteiger partial charge in [0.25, 0.3) is 0 Å². The Labute approximate surface area is 201 Å². The lowest BCUT2D eigenvalue weighted by molar-refractivity contribution is -0.130. The van der Waals surface area contributed by atoms with Crippen molar-refractivity contribution in [2.24, 2.45) is 0 Å². The van der Waals surface area contributed by atoms with Gasteiger partial charge in [0.15, 0.2) is 0 Å². The van der Waals surface area contributed by atoms with Crippen molar-refractivity contribution in [3.05, 3.63) is 66.2 Å². The fraction of sp³-hybridized carbons (Fsp3) is 0.240. The average molecular weight is 468 g/mol. The van der Waals surface area contributed by atoms with Gasteiger partial charge in [0.2, 0.25) is 5.91 Å². The molecule has 3 aromatic heterocycles. The zero-order valence-electron chi connectivity index (χ0n) is 18.5. The van der Waals surface area contributed by atoms with Crippen LogP contribution in [0.3, 0.4) is 0 Å². The summed E-state index contributed by atoms with van der Waals surface area (Å²) >= 11 is 1.45. The van der Waals surface area contributed by atoms with Crippen molar-refractivity contribution in [1.29, 1.82) is 10.5 Å². The molecule has 0 bridgehead atoms. The Balaban J connectivity index is 1.50. The van der Waals surface area contributed by atoms with Crippen LogP contribution in [0.1, 0.15) is 36.9 Å². The first-order chi connectivity index (χ1) is 16.6. The molecule has 34 heavy (non-hydrogen) atoms. The first-order valence-electron chi connectivity index (χ1n) is 11.0.